The van der Waals surface area contributed by atoms with Crippen molar-refractivity contribution in [2.75, 3.05) is 13.1 Å². The molecule has 0 radical (unpaired) electrons. The van der Waals surface area contributed by atoms with E-state index in [4.69, 9.17) is 4.98 Å². The molecule has 29 heavy (non-hydrogen) atoms. The molecule has 0 amide bonds. The van der Waals surface area contributed by atoms with Gasteiger partial charge in [0.2, 0.25) is 0 Å². The first kappa shape index (κ1) is 19.6. The lowest BCUT2D eigenvalue weighted by Gasteiger charge is -2.30. The third-order valence-electron chi connectivity index (χ3n) is 5.79. The highest BCUT2D eigenvalue weighted by Gasteiger charge is 2.23. The van der Waals surface area contributed by atoms with Crippen LogP contribution in [0.25, 0.3) is 11.2 Å². The molecule has 1 fully saturated rings. The Balaban J connectivity index is 1.85. The summed E-state index contributed by atoms with van der Waals surface area (Å²) in [5.41, 5.74) is 0.900. The summed E-state index contributed by atoms with van der Waals surface area (Å²) in [6.07, 6.45) is 2.36. The fraction of sp³-hybridized carbons (Fsp3) is 0.476. The predicted octanol–water partition coefficient (Wildman–Crippen LogP) is 1.85. The lowest BCUT2D eigenvalue weighted by molar-refractivity contribution is 0.171. The SMILES string of the molecule is C[C@@H]1CCCN(Cc2nc3c(c(=O)n(C)c(=O)n3C)n2Cc2ccc(F)cc2)C1. The number of hydrogen-bond donors (Lipinski definition) is 0. The summed E-state index contributed by atoms with van der Waals surface area (Å²) >= 11 is 0. The van der Waals surface area contributed by atoms with Crippen molar-refractivity contribution < 1.29 is 4.39 Å². The molecule has 1 aromatic carbocycles. The number of hydrogen-bond acceptors (Lipinski definition) is 4. The topological polar surface area (TPSA) is 65.1 Å². The normalized spacial score (nSPS) is 17.9. The maximum Gasteiger partial charge on any atom is 0.332 e. The fourth-order valence-electron chi connectivity index (χ4n) is 4.19. The van der Waals surface area contributed by atoms with Gasteiger partial charge in [0.1, 0.15) is 11.6 Å². The smallest absolute Gasteiger partial charge is 0.317 e. The standard InChI is InChI=1S/C21H26FN5O2/c1-14-5-4-10-26(11-14)13-17-23-19-18(20(28)25(3)21(29)24(19)2)27(17)12-15-6-8-16(22)9-7-15/h6-9,14H,4-5,10-13H2,1-3H3/t14-/m1/s1. The number of aromatic nitrogens is 4. The Bertz CT molecular complexity index is 1160. The number of fused-ring (bicyclic) bond motifs is 1. The van der Waals surface area contributed by atoms with E-state index < -0.39 is 5.69 Å². The van der Waals surface area contributed by atoms with Gasteiger partial charge in [-0.2, -0.15) is 0 Å². The number of nitrogens with zero attached hydrogens (tertiary/aromatic N) is 5. The van der Waals surface area contributed by atoms with Crippen molar-refractivity contribution in [3.05, 3.63) is 62.3 Å². The molecule has 0 bridgehead atoms. The van der Waals surface area contributed by atoms with Crippen molar-refractivity contribution in [1.29, 1.82) is 0 Å². The molecule has 3 aromatic rings. The van der Waals surface area contributed by atoms with Gasteiger partial charge in [-0.05, 0) is 43.0 Å². The summed E-state index contributed by atoms with van der Waals surface area (Å²) in [5.74, 6) is 1.07. The molecule has 1 aliphatic rings. The van der Waals surface area contributed by atoms with Crippen LogP contribution in [0.4, 0.5) is 4.39 Å². The van der Waals surface area contributed by atoms with Crippen LogP contribution >= 0.6 is 0 Å². The van der Waals surface area contributed by atoms with E-state index in [-0.39, 0.29) is 11.4 Å². The number of halogens is 1. The van der Waals surface area contributed by atoms with Gasteiger partial charge in [-0.3, -0.25) is 18.8 Å². The zero-order valence-corrected chi connectivity index (χ0v) is 17.1. The third kappa shape index (κ3) is 3.64. The minimum Gasteiger partial charge on any atom is -0.317 e. The molecule has 1 saturated heterocycles. The summed E-state index contributed by atoms with van der Waals surface area (Å²) in [5, 5.41) is 0. The quantitative estimate of drug-likeness (QED) is 0.672. The maximum absolute atomic E-state index is 13.3. The Labute approximate surface area is 168 Å². The van der Waals surface area contributed by atoms with Gasteiger partial charge in [0, 0.05) is 27.2 Å². The summed E-state index contributed by atoms with van der Waals surface area (Å²) in [7, 11) is 3.11. The molecule has 1 atom stereocenters. The molecule has 1 aliphatic heterocycles. The van der Waals surface area contributed by atoms with Crippen LogP contribution in [0.5, 0.6) is 0 Å². The molecule has 0 N–H and O–H groups in total. The molecule has 2 aromatic heterocycles. The first-order chi connectivity index (χ1) is 13.8. The van der Waals surface area contributed by atoms with Crippen LogP contribution in [0.2, 0.25) is 0 Å². The van der Waals surface area contributed by atoms with E-state index in [2.05, 4.69) is 11.8 Å². The maximum atomic E-state index is 13.3. The van der Waals surface area contributed by atoms with Gasteiger partial charge in [-0.25, -0.2) is 14.2 Å². The summed E-state index contributed by atoms with van der Waals surface area (Å²) in [4.78, 5) is 32.4. The second kappa shape index (κ2) is 7.59. The Morgan fingerprint density at radius 1 is 1.10 bits per heavy atom. The van der Waals surface area contributed by atoms with Gasteiger partial charge in [0.15, 0.2) is 11.2 Å². The minimum atomic E-state index is -0.396. The second-order valence-electron chi connectivity index (χ2n) is 8.10. The van der Waals surface area contributed by atoms with E-state index in [0.717, 1.165) is 35.5 Å². The Morgan fingerprint density at radius 2 is 1.83 bits per heavy atom. The van der Waals surface area contributed by atoms with Gasteiger partial charge in [-0.15, -0.1) is 0 Å². The molecule has 8 heteroatoms. The number of piperidine rings is 1. The summed E-state index contributed by atoms with van der Waals surface area (Å²) in [6, 6.07) is 6.24. The molecule has 3 heterocycles. The Morgan fingerprint density at radius 3 is 2.52 bits per heavy atom. The van der Waals surface area contributed by atoms with Crippen LogP contribution in [0.3, 0.4) is 0 Å². The van der Waals surface area contributed by atoms with Crippen LogP contribution in [0.15, 0.2) is 33.9 Å². The zero-order valence-electron chi connectivity index (χ0n) is 17.1. The Kier molecular flexibility index (Phi) is 5.12. The first-order valence-corrected chi connectivity index (χ1v) is 9.97. The van der Waals surface area contributed by atoms with Gasteiger partial charge < -0.3 is 4.57 Å². The van der Waals surface area contributed by atoms with E-state index in [1.165, 1.54) is 30.2 Å². The summed E-state index contributed by atoms with van der Waals surface area (Å²) < 4.78 is 17.7. The largest absolute Gasteiger partial charge is 0.332 e. The number of imidazole rings is 1. The van der Waals surface area contributed by atoms with Crippen LogP contribution in [0, 0.1) is 11.7 Å². The van der Waals surface area contributed by atoms with Gasteiger partial charge in [0.25, 0.3) is 5.56 Å². The molecular weight excluding hydrogens is 373 g/mol. The van der Waals surface area contributed by atoms with Crippen LogP contribution < -0.4 is 11.2 Å². The molecule has 0 spiro atoms. The van der Waals surface area contributed by atoms with E-state index in [1.54, 1.807) is 19.2 Å². The van der Waals surface area contributed by atoms with Gasteiger partial charge >= 0.3 is 5.69 Å². The second-order valence-corrected chi connectivity index (χ2v) is 8.10. The predicted molar refractivity (Wildman–Crippen MR) is 109 cm³/mol. The molecule has 0 aliphatic carbocycles. The molecule has 0 unspecified atom stereocenters. The number of benzene rings is 1. The minimum absolute atomic E-state index is 0.301. The van der Waals surface area contributed by atoms with Crippen molar-refractivity contribution >= 4 is 11.2 Å². The average Bonchev–Trinajstić information content (AvgIpc) is 3.04. The fourth-order valence-corrected chi connectivity index (χ4v) is 4.19. The first-order valence-electron chi connectivity index (χ1n) is 9.97. The van der Waals surface area contributed by atoms with Crippen molar-refractivity contribution in [3.63, 3.8) is 0 Å². The highest BCUT2D eigenvalue weighted by atomic mass is 19.1. The van der Waals surface area contributed by atoms with Crippen molar-refractivity contribution in [3.8, 4) is 0 Å². The molecule has 154 valence electrons. The van der Waals surface area contributed by atoms with Crippen LogP contribution in [-0.4, -0.2) is 36.7 Å². The van der Waals surface area contributed by atoms with E-state index in [9.17, 15) is 14.0 Å². The zero-order chi connectivity index (χ0) is 20.7. The average molecular weight is 399 g/mol. The van der Waals surface area contributed by atoms with Crippen LogP contribution in [-0.2, 0) is 27.2 Å². The number of aryl methyl sites for hydroxylation is 1. The van der Waals surface area contributed by atoms with Crippen molar-refractivity contribution in [1.82, 2.24) is 23.6 Å². The monoisotopic (exact) mass is 399 g/mol. The van der Waals surface area contributed by atoms with Crippen molar-refractivity contribution in [2.45, 2.75) is 32.9 Å². The molecule has 0 saturated carbocycles. The molecular formula is C21H26FN5O2. The summed E-state index contributed by atoms with van der Waals surface area (Å²) in [6.45, 7) is 5.21. The highest BCUT2D eigenvalue weighted by molar-refractivity contribution is 5.71. The lowest BCUT2D eigenvalue weighted by atomic mass is 10.0. The van der Waals surface area contributed by atoms with Crippen molar-refractivity contribution in [2.24, 2.45) is 20.0 Å². The van der Waals surface area contributed by atoms with E-state index >= 15 is 0 Å². The van der Waals surface area contributed by atoms with Crippen LogP contribution in [0.1, 0.15) is 31.2 Å². The highest BCUT2D eigenvalue weighted by Crippen LogP contribution is 2.20. The molecule has 7 nitrogen and oxygen atoms in total. The molecule has 4 rings (SSSR count). The number of rotatable bonds is 4. The van der Waals surface area contributed by atoms with E-state index in [0.29, 0.717) is 30.2 Å². The third-order valence-corrected chi connectivity index (χ3v) is 5.79. The van der Waals surface area contributed by atoms with Gasteiger partial charge in [-0.1, -0.05) is 19.1 Å². The lowest BCUT2D eigenvalue weighted by Crippen LogP contribution is -2.37. The number of likely N-dealkylation sites (tertiary alicyclic amines) is 1. The van der Waals surface area contributed by atoms with Gasteiger partial charge in [0.05, 0.1) is 6.54 Å². The van der Waals surface area contributed by atoms with E-state index in [1.807, 2.05) is 4.57 Å². The Hall–Kier alpha value is -2.74.